The molecule has 0 spiro atoms. The van der Waals surface area contributed by atoms with Crippen molar-refractivity contribution in [3.63, 3.8) is 0 Å². The van der Waals surface area contributed by atoms with Crippen LogP contribution in [0.3, 0.4) is 0 Å². The largest absolute Gasteiger partial charge is 0.381 e. The lowest BCUT2D eigenvalue weighted by Gasteiger charge is -2.22. The van der Waals surface area contributed by atoms with E-state index >= 15 is 0 Å². The van der Waals surface area contributed by atoms with Crippen molar-refractivity contribution in [2.75, 3.05) is 0 Å². The quantitative estimate of drug-likeness (QED) is 0.679. The summed E-state index contributed by atoms with van der Waals surface area (Å²) in [6.45, 7) is 14.5. The predicted octanol–water partition coefficient (Wildman–Crippen LogP) is 6.09. The van der Waals surface area contributed by atoms with Gasteiger partial charge in [0.1, 0.15) is 6.10 Å². The summed E-state index contributed by atoms with van der Waals surface area (Å²) in [7, 11) is 0. The van der Waals surface area contributed by atoms with E-state index in [2.05, 4.69) is 72.7 Å². The van der Waals surface area contributed by atoms with Crippen LogP contribution < -0.4 is 0 Å². The number of aliphatic imine (C=N–C) groups is 2. The van der Waals surface area contributed by atoms with Gasteiger partial charge in [-0.2, -0.15) is 0 Å². The minimum Gasteiger partial charge on any atom is -0.381 e. The first-order chi connectivity index (χ1) is 13.2. The first kappa shape index (κ1) is 20.2. The molecular weight excluding hydrogens is 344 g/mol. The predicted molar refractivity (Wildman–Crippen MR) is 120 cm³/mol. The zero-order chi connectivity index (χ0) is 20.6. The van der Waals surface area contributed by atoms with Gasteiger partial charge >= 0.3 is 0 Å². The fourth-order valence-electron chi connectivity index (χ4n) is 4.10. The van der Waals surface area contributed by atoms with E-state index in [4.69, 9.17) is 9.98 Å². The van der Waals surface area contributed by atoms with Crippen LogP contribution in [-0.4, -0.2) is 22.6 Å². The number of allylic oxidation sites excluding steroid dienone is 1. The van der Waals surface area contributed by atoms with E-state index in [1.807, 2.05) is 6.08 Å². The molecule has 0 bridgehead atoms. The molecule has 0 saturated heterocycles. The smallest absolute Gasteiger partial charge is 0.134 e. The average molecular weight is 375 g/mol. The number of hydrogen-bond acceptors (Lipinski definition) is 3. The maximum atomic E-state index is 11.0. The van der Waals surface area contributed by atoms with Gasteiger partial charge in [0.05, 0.1) is 22.8 Å². The fraction of sp³-hybridized carbons (Fsp3) is 0.360. The molecule has 146 valence electrons. The summed E-state index contributed by atoms with van der Waals surface area (Å²) in [6, 6.07) is 8.54. The lowest BCUT2D eigenvalue weighted by atomic mass is 9.93. The third-order valence-electron chi connectivity index (χ3n) is 5.22. The molecule has 2 aromatic carbocycles. The zero-order valence-electron chi connectivity index (χ0n) is 18.0. The number of aliphatic hydroxyl groups is 1. The summed E-state index contributed by atoms with van der Waals surface area (Å²) < 4.78 is 0. The Morgan fingerprint density at radius 2 is 1.14 bits per heavy atom. The van der Waals surface area contributed by atoms with Gasteiger partial charge in [-0.05, 0) is 76.8 Å². The molecular formula is C25H30N2O. The van der Waals surface area contributed by atoms with Crippen LogP contribution in [0.4, 0.5) is 11.4 Å². The van der Waals surface area contributed by atoms with Crippen LogP contribution in [0.2, 0.25) is 0 Å². The van der Waals surface area contributed by atoms with Gasteiger partial charge in [0.2, 0.25) is 0 Å². The Morgan fingerprint density at radius 3 is 1.61 bits per heavy atom. The molecule has 3 rings (SSSR count). The molecule has 1 N–H and O–H groups in total. The third kappa shape index (κ3) is 4.15. The average Bonchev–Trinajstić information content (AvgIpc) is 2.57. The second kappa shape index (κ2) is 7.84. The van der Waals surface area contributed by atoms with Gasteiger partial charge < -0.3 is 5.11 Å². The second-order valence-corrected chi connectivity index (χ2v) is 8.20. The van der Waals surface area contributed by atoms with Gasteiger partial charge in [0, 0.05) is 6.42 Å². The van der Waals surface area contributed by atoms with Crippen LogP contribution in [0.25, 0.3) is 0 Å². The van der Waals surface area contributed by atoms with Gasteiger partial charge in [-0.3, -0.25) is 4.99 Å². The minimum absolute atomic E-state index is 0.665. The Kier molecular flexibility index (Phi) is 5.66. The van der Waals surface area contributed by atoms with E-state index < -0.39 is 6.10 Å². The molecule has 3 nitrogen and oxygen atoms in total. The monoisotopic (exact) mass is 374 g/mol. The van der Waals surface area contributed by atoms with Gasteiger partial charge in [-0.15, -0.1) is 0 Å². The van der Waals surface area contributed by atoms with Crippen molar-refractivity contribution in [1.82, 2.24) is 0 Å². The Morgan fingerprint density at radius 1 is 0.714 bits per heavy atom. The van der Waals surface area contributed by atoms with Crippen molar-refractivity contribution in [3.8, 4) is 0 Å². The van der Waals surface area contributed by atoms with Crippen molar-refractivity contribution in [2.24, 2.45) is 9.98 Å². The van der Waals surface area contributed by atoms with E-state index in [1.54, 1.807) is 0 Å². The van der Waals surface area contributed by atoms with Crippen LogP contribution in [0.1, 0.15) is 46.7 Å². The lowest BCUT2D eigenvalue weighted by Crippen LogP contribution is -2.32. The topological polar surface area (TPSA) is 45.0 Å². The Labute approximate surface area is 168 Å². The molecule has 1 aliphatic carbocycles. The molecule has 0 saturated carbocycles. The molecule has 0 heterocycles. The van der Waals surface area contributed by atoms with E-state index in [0.717, 1.165) is 44.9 Å². The molecule has 0 aromatic heterocycles. The highest BCUT2D eigenvalue weighted by molar-refractivity contribution is 6.19. The normalized spacial score (nSPS) is 20.0. The van der Waals surface area contributed by atoms with Gasteiger partial charge in [0.15, 0.2) is 0 Å². The van der Waals surface area contributed by atoms with Gasteiger partial charge in [0.25, 0.3) is 0 Å². The molecule has 1 unspecified atom stereocenters. The van der Waals surface area contributed by atoms with E-state index in [1.165, 1.54) is 11.1 Å². The van der Waals surface area contributed by atoms with Crippen molar-refractivity contribution in [2.45, 2.75) is 61.0 Å². The lowest BCUT2D eigenvalue weighted by molar-refractivity contribution is 0.303. The highest BCUT2D eigenvalue weighted by atomic mass is 16.3. The van der Waals surface area contributed by atoms with E-state index in [9.17, 15) is 5.11 Å². The van der Waals surface area contributed by atoms with Crippen LogP contribution in [-0.2, 0) is 0 Å². The molecule has 0 aliphatic heterocycles. The van der Waals surface area contributed by atoms with Crippen molar-refractivity contribution in [1.29, 1.82) is 0 Å². The fourth-order valence-corrected chi connectivity index (χ4v) is 4.10. The number of hydrogen-bond donors (Lipinski definition) is 1. The van der Waals surface area contributed by atoms with E-state index in [0.29, 0.717) is 12.1 Å². The summed E-state index contributed by atoms with van der Waals surface area (Å²) in [6.07, 6.45) is 1.87. The molecule has 3 heteroatoms. The van der Waals surface area contributed by atoms with Gasteiger partial charge in [-0.25, -0.2) is 4.99 Å². The van der Waals surface area contributed by atoms with E-state index in [-0.39, 0.29) is 0 Å². The molecule has 1 aliphatic rings. The molecule has 0 fully saturated rings. The van der Waals surface area contributed by atoms with Crippen LogP contribution in [0.5, 0.6) is 0 Å². The van der Waals surface area contributed by atoms with Crippen molar-refractivity contribution < 1.29 is 5.11 Å². The van der Waals surface area contributed by atoms with Crippen LogP contribution in [0, 0.1) is 41.5 Å². The molecule has 0 radical (unpaired) electrons. The number of nitrogens with zero attached hydrogens (tertiary/aromatic N) is 2. The first-order valence-corrected chi connectivity index (χ1v) is 9.82. The first-order valence-electron chi connectivity index (χ1n) is 9.82. The number of rotatable bonds is 2. The zero-order valence-corrected chi connectivity index (χ0v) is 18.0. The van der Waals surface area contributed by atoms with Crippen molar-refractivity contribution in [3.05, 3.63) is 69.3 Å². The highest BCUT2D eigenvalue weighted by Gasteiger charge is 2.24. The molecule has 28 heavy (non-hydrogen) atoms. The summed E-state index contributed by atoms with van der Waals surface area (Å²) in [5.41, 5.74) is 11.4. The SMILES string of the molecule is CC1=CC(=Nc2c(C)cc(C)cc2C)C(O)C(=Nc2c(C)cc(C)cc2C)C1. The van der Waals surface area contributed by atoms with Crippen LogP contribution in [0.15, 0.2) is 45.9 Å². The third-order valence-corrected chi connectivity index (χ3v) is 5.22. The molecule has 0 amide bonds. The summed E-state index contributed by atoms with van der Waals surface area (Å²) in [5.74, 6) is 0. The Balaban J connectivity index is 2.07. The molecule has 1 atom stereocenters. The Bertz CT molecular complexity index is 979. The highest BCUT2D eigenvalue weighted by Crippen LogP contribution is 2.30. The summed E-state index contributed by atoms with van der Waals surface area (Å²) in [5, 5.41) is 11.0. The number of benzene rings is 2. The maximum absolute atomic E-state index is 11.0. The maximum Gasteiger partial charge on any atom is 0.134 e. The number of aliphatic hydroxyl groups excluding tert-OH is 1. The number of aryl methyl sites for hydroxylation is 6. The van der Waals surface area contributed by atoms with Gasteiger partial charge in [-0.1, -0.05) is 41.0 Å². The minimum atomic E-state index is -0.788. The van der Waals surface area contributed by atoms with Crippen molar-refractivity contribution >= 4 is 22.8 Å². The standard InChI is InChI=1S/C25H30N2O/c1-14-8-17(4)23(18(5)9-14)26-21-12-16(3)13-22(25(21)28)27-24-19(6)10-15(2)11-20(24)7/h8-12,25,28H,13H2,1-7H3. The second-order valence-electron chi connectivity index (χ2n) is 8.20. The molecule has 2 aromatic rings. The Hall–Kier alpha value is -2.52. The summed E-state index contributed by atoms with van der Waals surface area (Å²) >= 11 is 0. The summed E-state index contributed by atoms with van der Waals surface area (Å²) in [4.78, 5) is 9.74. The van der Waals surface area contributed by atoms with Crippen LogP contribution >= 0.6 is 0 Å².